The number of aliphatic hydroxyl groups is 1. The minimum Gasteiger partial charge on any atom is -0.386 e. The summed E-state index contributed by atoms with van der Waals surface area (Å²) < 4.78 is 39.7. The highest BCUT2D eigenvalue weighted by molar-refractivity contribution is 5.79. The van der Waals surface area contributed by atoms with Crippen molar-refractivity contribution in [2.45, 2.75) is 25.1 Å². The molecule has 3 rings (SSSR count). The van der Waals surface area contributed by atoms with Crippen LogP contribution in [-0.2, 0) is 18.4 Å². The van der Waals surface area contributed by atoms with Gasteiger partial charge in [0.25, 0.3) is 5.91 Å². The lowest BCUT2D eigenvalue weighted by atomic mass is 9.99. The number of carbonyl (C=O) groups is 1. The van der Waals surface area contributed by atoms with Gasteiger partial charge in [-0.15, -0.1) is 0 Å². The van der Waals surface area contributed by atoms with Crippen LogP contribution in [0.4, 0.5) is 19.1 Å². The number of carbonyl (C=O) groups excluding carboxylic acids is 1. The van der Waals surface area contributed by atoms with Gasteiger partial charge in [-0.2, -0.15) is 8.78 Å². The zero-order valence-corrected chi connectivity index (χ0v) is 16.7. The zero-order chi connectivity index (χ0) is 22.4. The van der Waals surface area contributed by atoms with Gasteiger partial charge in [0.05, 0.1) is 18.3 Å². The van der Waals surface area contributed by atoms with Gasteiger partial charge in [-0.1, -0.05) is 30.3 Å². The first kappa shape index (κ1) is 22.3. The SMILES string of the molecule is Cn1ccnc1NCc1ccc(-c2ccc(C(O)C(CF)NC(=O)C(F)F)cc2)cn1. The molecule has 3 N–H and O–H groups in total. The second kappa shape index (κ2) is 10.1. The topological polar surface area (TPSA) is 92.1 Å². The number of pyridine rings is 1. The number of aliphatic hydroxyl groups excluding tert-OH is 1. The van der Waals surface area contributed by atoms with Crippen molar-refractivity contribution in [3.63, 3.8) is 0 Å². The first-order valence-electron chi connectivity index (χ1n) is 9.48. The van der Waals surface area contributed by atoms with Gasteiger partial charge in [-0.05, 0) is 17.2 Å². The molecule has 0 aliphatic rings. The van der Waals surface area contributed by atoms with E-state index in [2.05, 4.69) is 15.3 Å². The summed E-state index contributed by atoms with van der Waals surface area (Å²) in [7, 11) is 1.88. The van der Waals surface area contributed by atoms with Gasteiger partial charge in [0.2, 0.25) is 5.95 Å². The fourth-order valence-electron chi connectivity index (χ4n) is 2.96. The number of nitrogens with zero attached hydrogens (tertiary/aromatic N) is 3. The average molecular weight is 433 g/mol. The number of amides is 1. The van der Waals surface area contributed by atoms with Crippen molar-refractivity contribution in [2.75, 3.05) is 12.0 Å². The van der Waals surface area contributed by atoms with Gasteiger partial charge in [0.1, 0.15) is 12.8 Å². The molecule has 0 bridgehead atoms. The van der Waals surface area contributed by atoms with Crippen molar-refractivity contribution < 1.29 is 23.1 Å². The first-order chi connectivity index (χ1) is 14.9. The van der Waals surface area contributed by atoms with E-state index in [9.17, 15) is 23.1 Å². The molecule has 31 heavy (non-hydrogen) atoms. The average Bonchev–Trinajstić information content (AvgIpc) is 3.20. The highest BCUT2D eigenvalue weighted by Gasteiger charge is 2.26. The number of nitrogens with one attached hydrogen (secondary N) is 2. The summed E-state index contributed by atoms with van der Waals surface area (Å²) in [6.45, 7) is -0.676. The molecule has 0 spiro atoms. The van der Waals surface area contributed by atoms with Gasteiger partial charge in [0.15, 0.2) is 0 Å². The van der Waals surface area contributed by atoms with Gasteiger partial charge >= 0.3 is 6.43 Å². The Bertz CT molecular complexity index is 993. The van der Waals surface area contributed by atoms with Crippen molar-refractivity contribution in [3.05, 3.63) is 66.2 Å². The Balaban J connectivity index is 1.63. The molecule has 1 amide bonds. The predicted octanol–water partition coefficient (Wildman–Crippen LogP) is 2.85. The van der Waals surface area contributed by atoms with Crippen LogP contribution < -0.4 is 10.6 Å². The van der Waals surface area contributed by atoms with Crippen LogP contribution >= 0.6 is 0 Å². The van der Waals surface area contributed by atoms with E-state index in [1.54, 1.807) is 42.0 Å². The van der Waals surface area contributed by atoms with E-state index in [4.69, 9.17) is 0 Å². The number of aromatic nitrogens is 3. The number of alkyl halides is 3. The second-order valence-corrected chi connectivity index (χ2v) is 6.89. The van der Waals surface area contributed by atoms with E-state index in [1.165, 1.54) is 0 Å². The molecular formula is C21H22F3N5O2. The van der Waals surface area contributed by atoms with Crippen molar-refractivity contribution in [3.8, 4) is 11.1 Å². The molecule has 7 nitrogen and oxygen atoms in total. The summed E-state index contributed by atoms with van der Waals surface area (Å²) in [5, 5.41) is 15.2. The molecule has 2 unspecified atom stereocenters. The van der Waals surface area contributed by atoms with Crippen LogP contribution in [0.3, 0.4) is 0 Å². The van der Waals surface area contributed by atoms with Crippen LogP contribution in [0.5, 0.6) is 0 Å². The van der Waals surface area contributed by atoms with Crippen LogP contribution in [0, 0.1) is 0 Å². The molecule has 10 heteroatoms. The van der Waals surface area contributed by atoms with E-state index < -0.39 is 31.2 Å². The van der Waals surface area contributed by atoms with E-state index in [1.807, 2.05) is 29.9 Å². The maximum absolute atomic E-state index is 13.1. The molecular weight excluding hydrogens is 411 g/mol. The Morgan fingerprint density at radius 2 is 1.84 bits per heavy atom. The van der Waals surface area contributed by atoms with Gasteiger partial charge in [0, 0.05) is 31.2 Å². The fourth-order valence-corrected chi connectivity index (χ4v) is 2.96. The van der Waals surface area contributed by atoms with Gasteiger partial charge in [-0.3, -0.25) is 9.78 Å². The van der Waals surface area contributed by atoms with Gasteiger partial charge in [-0.25, -0.2) is 9.37 Å². The normalized spacial score (nSPS) is 13.1. The standard InChI is InChI=1S/C21H22F3N5O2/c1-29-9-8-25-21(29)27-12-16-7-6-15(11-26-16)13-2-4-14(5-3-13)18(30)17(10-22)28-20(31)19(23)24/h2-9,11,17-19,30H,10,12H2,1H3,(H,25,27)(H,28,31). The molecule has 0 aliphatic carbocycles. The van der Waals surface area contributed by atoms with Crippen LogP contribution in [0.1, 0.15) is 17.4 Å². The molecule has 0 saturated carbocycles. The Morgan fingerprint density at radius 1 is 1.13 bits per heavy atom. The minimum atomic E-state index is -3.28. The van der Waals surface area contributed by atoms with Crippen molar-refractivity contribution >= 4 is 11.9 Å². The maximum atomic E-state index is 13.1. The Morgan fingerprint density at radius 3 is 2.39 bits per heavy atom. The van der Waals surface area contributed by atoms with Gasteiger partial charge < -0.3 is 20.3 Å². The highest BCUT2D eigenvalue weighted by Crippen LogP contribution is 2.24. The number of hydrogen-bond donors (Lipinski definition) is 3. The fraction of sp³-hybridized carbons (Fsp3) is 0.286. The largest absolute Gasteiger partial charge is 0.386 e. The lowest BCUT2D eigenvalue weighted by molar-refractivity contribution is -0.133. The number of anilines is 1. The van der Waals surface area contributed by atoms with Crippen LogP contribution in [0.25, 0.3) is 11.1 Å². The summed E-state index contributed by atoms with van der Waals surface area (Å²) in [5.74, 6) is -0.891. The molecule has 164 valence electrons. The first-order valence-corrected chi connectivity index (χ1v) is 9.48. The Kier molecular flexibility index (Phi) is 7.24. The number of hydrogen-bond acceptors (Lipinski definition) is 5. The maximum Gasteiger partial charge on any atom is 0.315 e. The number of halogens is 3. The molecule has 0 fully saturated rings. The van der Waals surface area contributed by atoms with E-state index in [-0.39, 0.29) is 0 Å². The van der Waals surface area contributed by atoms with Crippen molar-refractivity contribution in [1.82, 2.24) is 19.9 Å². The third-order valence-electron chi connectivity index (χ3n) is 4.73. The number of aryl methyl sites for hydroxylation is 1. The number of imidazole rings is 1. The minimum absolute atomic E-state index is 0.296. The zero-order valence-electron chi connectivity index (χ0n) is 16.7. The smallest absolute Gasteiger partial charge is 0.315 e. The van der Waals surface area contributed by atoms with Crippen LogP contribution in [-0.4, -0.2) is 44.7 Å². The third kappa shape index (κ3) is 5.60. The molecule has 1 aromatic carbocycles. The monoisotopic (exact) mass is 433 g/mol. The summed E-state index contributed by atoms with van der Waals surface area (Å²) in [6.07, 6.45) is 0.496. The van der Waals surface area contributed by atoms with E-state index >= 15 is 0 Å². The van der Waals surface area contributed by atoms with Crippen molar-refractivity contribution in [1.29, 1.82) is 0 Å². The molecule has 0 radical (unpaired) electrons. The van der Waals surface area contributed by atoms with E-state index in [0.717, 1.165) is 22.8 Å². The molecule has 2 heterocycles. The number of benzene rings is 1. The van der Waals surface area contributed by atoms with Crippen LogP contribution in [0.2, 0.25) is 0 Å². The molecule has 2 aromatic heterocycles. The predicted molar refractivity (Wildman–Crippen MR) is 109 cm³/mol. The quantitative estimate of drug-likeness (QED) is 0.483. The van der Waals surface area contributed by atoms with Crippen LogP contribution in [0.15, 0.2) is 55.0 Å². The van der Waals surface area contributed by atoms with E-state index in [0.29, 0.717) is 12.1 Å². The lowest BCUT2D eigenvalue weighted by Gasteiger charge is -2.22. The Labute approximate surface area is 177 Å². The summed E-state index contributed by atoms with van der Waals surface area (Å²) in [4.78, 5) is 19.7. The Hall–Kier alpha value is -3.40. The molecule has 2 atom stereocenters. The summed E-state index contributed by atoms with van der Waals surface area (Å²) in [5.41, 5.74) is 2.75. The molecule has 0 saturated heterocycles. The second-order valence-electron chi connectivity index (χ2n) is 6.89. The van der Waals surface area contributed by atoms with Crippen molar-refractivity contribution in [2.24, 2.45) is 7.05 Å². The molecule has 0 aliphatic heterocycles. The molecule has 3 aromatic rings. The summed E-state index contributed by atoms with van der Waals surface area (Å²) >= 11 is 0. The lowest BCUT2D eigenvalue weighted by Crippen LogP contribution is -2.43. The highest BCUT2D eigenvalue weighted by atomic mass is 19.3. The summed E-state index contributed by atoms with van der Waals surface area (Å²) in [6, 6.07) is 8.80. The third-order valence-corrected chi connectivity index (χ3v) is 4.73. The number of rotatable bonds is 9.